The molecular weight excluding hydrogens is 212 g/mol. The highest BCUT2D eigenvalue weighted by Gasteiger charge is 2.22. The molecule has 0 atom stereocenters. The molecule has 2 heterocycles. The van der Waals surface area contributed by atoms with E-state index in [-0.39, 0.29) is 5.41 Å². The molecule has 3 heteroatoms. The molecule has 3 aromatic rings. The first-order valence-corrected chi connectivity index (χ1v) is 5.70. The Hall–Kier alpha value is -1.90. The van der Waals surface area contributed by atoms with Crippen LogP contribution in [0.4, 0.5) is 0 Å². The first kappa shape index (κ1) is 10.3. The Morgan fingerprint density at radius 1 is 1.06 bits per heavy atom. The number of benzene rings is 1. The van der Waals surface area contributed by atoms with E-state index in [0.717, 1.165) is 27.8 Å². The van der Waals surface area contributed by atoms with Crippen molar-refractivity contribution in [1.82, 2.24) is 9.97 Å². The molecule has 0 unspecified atom stereocenters. The maximum absolute atomic E-state index is 5.89. The molecule has 0 bridgehead atoms. The summed E-state index contributed by atoms with van der Waals surface area (Å²) in [6.45, 7) is 6.38. The van der Waals surface area contributed by atoms with Crippen molar-refractivity contribution in [2.24, 2.45) is 0 Å². The van der Waals surface area contributed by atoms with Gasteiger partial charge in [0.1, 0.15) is 17.4 Å². The lowest BCUT2D eigenvalue weighted by Gasteiger charge is -2.16. The topological polar surface area (TPSA) is 38.9 Å². The molecule has 0 amide bonds. The Balaban J connectivity index is 2.48. The summed E-state index contributed by atoms with van der Waals surface area (Å²) in [5.41, 5.74) is 3.49. The number of fused-ring (bicyclic) bond motifs is 3. The van der Waals surface area contributed by atoms with Crippen LogP contribution >= 0.6 is 0 Å². The monoisotopic (exact) mass is 226 g/mol. The average molecular weight is 226 g/mol. The largest absolute Gasteiger partial charge is 0.452 e. The summed E-state index contributed by atoms with van der Waals surface area (Å²) in [5, 5.41) is 1.05. The highest BCUT2D eigenvalue weighted by molar-refractivity contribution is 6.02. The molecule has 0 radical (unpaired) electrons. The second kappa shape index (κ2) is 3.29. The van der Waals surface area contributed by atoms with Crippen LogP contribution in [0.2, 0.25) is 0 Å². The maximum Gasteiger partial charge on any atom is 0.175 e. The Kier molecular flexibility index (Phi) is 1.99. The summed E-state index contributed by atoms with van der Waals surface area (Å²) in [5.74, 6) is 0. The van der Waals surface area contributed by atoms with Crippen molar-refractivity contribution in [3.05, 3.63) is 36.3 Å². The third kappa shape index (κ3) is 1.50. The van der Waals surface area contributed by atoms with Crippen molar-refractivity contribution in [3.63, 3.8) is 0 Å². The van der Waals surface area contributed by atoms with Crippen LogP contribution in [0.1, 0.15) is 26.5 Å². The third-order valence-electron chi connectivity index (χ3n) is 2.87. The standard InChI is InChI=1S/C14H14N2O/c1-14(2,3)13-12-11(15-8-16-13)9-6-4-5-7-10(9)17-12/h4-8H,1-3H3. The fraction of sp³-hybridized carbons (Fsp3) is 0.286. The Labute approximate surface area is 99.5 Å². The lowest BCUT2D eigenvalue weighted by Crippen LogP contribution is -2.13. The molecule has 17 heavy (non-hydrogen) atoms. The van der Waals surface area contributed by atoms with Gasteiger partial charge in [0.05, 0.1) is 5.69 Å². The first-order valence-electron chi connectivity index (χ1n) is 5.70. The highest BCUT2D eigenvalue weighted by Crippen LogP contribution is 2.33. The zero-order valence-corrected chi connectivity index (χ0v) is 10.2. The lowest BCUT2D eigenvalue weighted by molar-refractivity contribution is 0.551. The van der Waals surface area contributed by atoms with E-state index < -0.39 is 0 Å². The van der Waals surface area contributed by atoms with Gasteiger partial charge < -0.3 is 4.42 Å². The van der Waals surface area contributed by atoms with E-state index in [4.69, 9.17) is 4.42 Å². The van der Waals surface area contributed by atoms with Gasteiger partial charge in [-0.3, -0.25) is 0 Å². The predicted molar refractivity (Wildman–Crippen MR) is 68.0 cm³/mol. The number of furan rings is 1. The molecule has 0 spiro atoms. The number of rotatable bonds is 0. The van der Waals surface area contributed by atoms with Crippen molar-refractivity contribution in [1.29, 1.82) is 0 Å². The molecule has 0 aliphatic heterocycles. The van der Waals surface area contributed by atoms with Crippen LogP contribution in [0.25, 0.3) is 22.1 Å². The van der Waals surface area contributed by atoms with Gasteiger partial charge in [0.25, 0.3) is 0 Å². The fourth-order valence-electron chi connectivity index (χ4n) is 2.06. The van der Waals surface area contributed by atoms with Crippen LogP contribution in [-0.4, -0.2) is 9.97 Å². The SMILES string of the molecule is CC(C)(C)c1ncnc2c1oc1ccccc12. The van der Waals surface area contributed by atoms with E-state index in [9.17, 15) is 0 Å². The number of para-hydroxylation sites is 1. The molecule has 0 aliphatic carbocycles. The molecule has 0 saturated carbocycles. The number of aromatic nitrogens is 2. The Morgan fingerprint density at radius 3 is 2.59 bits per heavy atom. The predicted octanol–water partition coefficient (Wildman–Crippen LogP) is 3.67. The molecule has 3 nitrogen and oxygen atoms in total. The molecule has 0 aliphatic rings. The minimum absolute atomic E-state index is 0.0466. The maximum atomic E-state index is 5.89. The van der Waals surface area contributed by atoms with Gasteiger partial charge in [-0.05, 0) is 12.1 Å². The van der Waals surface area contributed by atoms with Crippen LogP contribution in [0.5, 0.6) is 0 Å². The average Bonchev–Trinajstić information content (AvgIpc) is 2.65. The number of hydrogen-bond acceptors (Lipinski definition) is 3. The molecule has 0 N–H and O–H groups in total. The first-order chi connectivity index (χ1) is 8.07. The zero-order chi connectivity index (χ0) is 12.0. The third-order valence-corrected chi connectivity index (χ3v) is 2.87. The van der Waals surface area contributed by atoms with Gasteiger partial charge in [-0.1, -0.05) is 32.9 Å². The Bertz CT molecular complexity index is 692. The second-order valence-corrected chi connectivity index (χ2v) is 5.25. The van der Waals surface area contributed by atoms with E-state index in [1.807, 2.05) is 24.3 Å². The minimum Gasteiger partial charge on any atom is -0.452 e. The van der Waals surface area contributed by atoms with E-state index in [1.165, 1.54) is 0 Å². The summed E-state index contributed by atoms with van der Waals surface area (Å²) in [6, 6.07) is 7.95. The summed E-state index contributed by atoms with van der Waals surface area (Å²) in [4.78, 5) is 8.71. The van der Waals surface area contributed by atoms with Crippen molar-refractivity contribution in [3.8, 4) is 0 Å². The van der Waals surface area contributed by atoms with Gasteiger partial charge >= 0.3 is 0 Å². The molecular formula is C14H14N2O. The smallest absolute Gasteiger partial charge is 0.175 e. The zero-order valence-electron chi connectivity index (χ0n) is 10.2. The van der Waals surface area contributed by atoms with Crippen molar-refractivity contribution >= 4 is 22.1 Å². The minimum atomic E-state index is -0.0466. The van der Waals surface area contributed by atoms with Gasteiger partial charge in [0, 0.05) is 10.8 Å². The molecule has 86 valence electrons. The number of nitrogens with zero attached hydrogens (tertiary/aromatic N) is 2. The van der Waals surface area contributed by atoms with Crippen LogP contribution in [0.15, 0.2) is 35.0 Å². The van der Waals surface area contributed by atoms with Crippen LogP contribution in [0, 0.1) is 0 Å². The van der Waals surface area contributed by atoms with Crippen LogP contribution < -0.4 is 0 Å². The highest BCUT2D eigenvalue weighted by atomic mass is 16.3. The molecule has 0 fully saturated rings. The quantitative estimate of drug-likeness (QED) is 0.587. The lowest BCUT2D eigenvalue weighted by atomic mass is 9.91. The van der Waals surface area contributed by atoms with E-state index in [1.54, 1.807) is 6.33 Å². The normalized spacial score (nSPS) is 12.4. The van der Waals surface area contributed by atoms with Gasteiger partial charge in [0.2, 0.25) is 0 Å². The fourth-order valence-corrected chi connectivity index (χ4v) is 2.06. The van der Waals surface area contributed by atoms with Gasteiger partial charge in [0.15, 0.2) is 5.58 Å². The van der Waals surface area contributed by atoms with Crippen molar-refractivity contribution < 1.29 is 4.42 Å². The van der Waals surface area contributed by atoms with E-state index in [0.29, 0.717) is 0 Å². The number of hydrogen-bond donors (Lipinski definition) is 0. The molecule has 2 aromatic heterocycles. The van der Waals surface area contributed by atoms with Gasteiger partial charge in [-0.25, -0.2) is 9.97 Å². The second-order valence-electron chi connectivity index (χ2n) is 5.25. The van der Waals surface area contributed by atoms with Crippen molar-refractivity contribution in [2.45, 2.75) is 26.2 Å². The van der Waals surface area contributed by atoms with E-state index >= 15 is 0 Å². The van der Waals surface area contributed by atoms with E-state index in [2.05, 4.69) is 30.7 Å². The van der Waals surface area contributed by atoms with Crippen LogP contribution in [-0.2, 0) is 5.41 Å². The van der Waals surface area contributed by atoms with Gasteiger partial charge in [-0.15, -0.1) is 0 Å². The van der Waals surface area contributed by atoms with Crippen LogP contribution in [0.3, 0.4) is 0 Å². The molecule has 0 saturated heterocycles. The summed E-state index contributed by atoms with van der Waals surface area (Å²) in [7, 11) is 0. The van der Waals surface area contributed by atoms with Crippen molar-refractivity contribution in [2.75, 3.05) is 0 Å². The Morgan fingerprint density at radius 2 is 1.82 bits per heavy atom. The summed E-state index contributed by atoms with van der Waals surface area (Å²) < 4.78 is 5.89. The molecule has 1 aromatic carbocycles. The summed E-state index contributed by atoms with van der Waals surface area (Å²) >= 11 is 0. The van der Waals surface area contributed by atoms with Gasteiger partial charge in [-0.2, -0.15) is 0 Å². The molecule has 3 rings (SSSR count). The summed E-state index contributed by atoms with van der Waals surface area (Å²) in [6.07, 6.45) is 1.62.